The summed E-state index contributed by atoms with van der Waals surface area (Å²) < 4.78 is 0. The first kappa shape index (κ1) is 10.8. The van der Waals surface area contributed by atoms with E-state index in [0.717, 1.165) is 0 Å². The molecule has 80 valence electrons. The van der Waals surface area contributed by atoms with Crippen LogP contribution in [0.1, 0.15) is 20.8 Å². The molecule has 0 atom stereocenters. The van der Waals surface area contributed by atoms with Crippen LogP contribution in [0.2, 0.25) is 0 Å². The van der Waals surface area contributed by atoms with E-state index in [1.54, 1.807) is 9.80 Å². The molecule has 0 saturated carbocycles. The lowest BCUT2D eigenvalue weighted by Gasteiger charge is -2.39. The van der Waals surface area contributed by atoms with Gasteiger partial charge in [-0.1, -0.05) is 0 Å². The number of carbonyl (C=O) groups excluding carboxylic acids is 2. The monoisotopic (exact) mass is 199 g/mol. The average Bonchev–Trinajstić information content (AvgIpc) is 2.19. The molecule has 0 aromatic carbocycles. The van der Waals surface area contributed by atoms with Gasteiger partial charge < -0.3 is 9.80 Å². The first-order valence-corrected chi connectivity index (χ1v) is 5.01. The second-order valence-corrected chi connectivity index (χ2v) is 3.16. The van der Waals surface area contributed by atoms with Gasteiger partial charge in [-0.2, -0.15) is 0 Å². The van der Waals surface area contributed by atoms with Gasteiger partial charge in [-0.15, -0.1) is 0 Å². The van der Waals surface area contributed by atoms with Crippen molar-refractivity contribution >= 4 is 12.1 Å². The third-order valence-electron chi connectivity index (χ3n) is 2.42. The molecule has 1 aliphatic rings. The van der Waals surface area contributed by atoms with Crippen molar-refractivity contribution in [3.8, 4) is 0 Å². The van der Waals surface area contributed by atoms with Crippen molar-refractivity contribution in [2.24, 2.45) is 0 Å². The van der Waals surface area contributed by atoms with Crippen molar-refractivity contribution in [3.05, 3.63) is 0 Å². The summed E-state index contributed by atoms with van der Waals surface area (Å²) in [6.45, 7) is 7.76. The highest BCUT2D eigenvalue weighted by atomic mass is 16.2. The quantitative estimate of drug-likeness (QED) is 0.684. The van der Waals surface area contributed by atoms with E-state index < -0.39 is 0 Å². The summed E-state index contributed by atoms with van der Waals surface area (Å²) in [6.07, 6.45) is 0. The molecule has 1 rings (SSSR count). The van der Waals surface area contributed by atoms with Crippen molar-refractivity contribution in [1.29, 1.82) is 0 Å². The fourth-order valence-electron chi connectivity index (χ4n) is 1.49. The number of carbonyl (C=O) groups is 2. The van der Waals surface area contributed by atoms with Gasteiger partial charge in [0, 0.05) is 19.6 Å². The molecule has 0 radical (unpaired) electrons. The summed E-state index contributed by atoms with van der Waals surface area (Å²) >= 11 is 0. The average molecular weight is 199 g/mol. The predicted octanol–water partition coefficient (Wildman–Crippen LogP) is 1.16. The van der Waals surface area contributed by atoms with E-state index in [2.05, 4.69) is 0 Å². The molecule has 4 amide bonds. The van der Waals surface area contributed by atoms with Crippen molar-refractivity contribution in [1.82, 2.24) is 14.7 Å². The summed E-state index contributed by atoms with van der Waals surface area (Å²) in [4.78, 5) is 27.9. The van der Waals surface area contributed by atoms with E-state index in [9.17, 15) is 9.59 Å². The zero-order valence-electron chi connectivity index (χ0n) is 8.99. The van der Waals surface area contributed by atoms with Gasteiger partial charge in [0.1, 0.15) is 0 Å². The minimum atomic E-state index is -0.176. The second-order valence-electron chi connectivity index (χ2n) is 3.16. The maximum absolute atomic E-state index is 11.7. The molecule has 0 aromatic rings. The van der Waals surface area contributed by atoms with Crippen LogP contribution in [0.25, 0.3) is 0 Å². The number of hydrogen-bond acceptors (Lipinski definition) is 2. The van der Waals surface area contributed by atoms with Crippen LogP contribution in [0.15, 0.2) is 0 Å². The maximum atomic E-state index is 11.7. The van der Waals surface area contributed by atoms with Crippen LogP contribution >= 0.6 is 0 Å². The Kier molecular flexibility index (Phi) is 3.33. The highest BCUT2D eigenvalue weighted by Crippen LogP contribution is 2.11. The summed E-state index contributed by atoms with van der Waals surface area (Å²) in [5.41, 5.74) is 0. The van der Waals surface area contributed by atoms with Gasteiger partial charge in [0.25, 0.3) is 0 Å². The molecule has 5 nitrogen and oxygen atoms in total. The largest absolute Gasteiger partial charge is 0.329 e. The molecule has 1 heterocycles. The standard InChI is InChI=1S/C9H17N3O2/c1-4-10-7-11(5-2)9(14)12(6-3)8(10)13/h4-7H2,1-3H3. The molecular formula is C9H17N3O2. The van der Waals surface area contributed by atoms with E-state index >= 15 is 0 Å². The Balaban J connectivity index is 2.83. The lowest BCUT2D eigenvalue weighted by Crippen LogP contribution is -2.60. The maximum Gasteiger partial charge on any atom is 0.329 e. The Labute approximate surface area is 84.3 Å². The number of urea groups is 2. The summed E-state index contributed by atoms with van der Waals surface area (Å²) in [6, 6.07) is -0.352. The van der Waals surface area contributed by atoms with E-state index in [0.29, 0.717) is 26.3 Å². The molecule has 0 N–H and O–H groups in total. The number of imide groups is 1. The van der Waals surface area contributed by atoms with Gasteiger partial charge in [0.05, 0.1) is 6.67 Å². The van der Waals surface area contributed by atoms with Gasteiger partial charge in [-0.05, 0) is 20.8 Å². The second kappa shape index (κ2) is 4.30. The molecule has 0 bridgehead atoms. The highest BCUT2D eigenvalue weighted by molar-refractivity contribution is 5.95. The predicted molar refractivity (Wildman–Crippen MR) is 52.8 cm³/mol. The van der Waals surface area contributed by atoms with Gasteiger partial charge in [-0.3, -0.25) is 0 Å². The number of hydrogen-bond donors (Lipinski definition) is 0. The molecule has 0 aromatic heterocycles. The molecule has 0 unspecified atom stereocenters. The third kappa shape index (κ3) is 1.66. The fraction of sp³-hybridized carbons (Fsp3) is 0.778. The highest BCUT2D eigenvalue weighted by Gasteiger charge is 2.34. The van der Waals surface area contributed by atoms with Gasteiger partial charge in [0.2, 0.25) is 0 Å². The lowest BCUT2D eigenvalue weighted by molar-refractivity contribution is 0.0841. The van der Waals surface area contributed by atoms with Crippen molar-refractivity contribution in [2.45, 2.75) is 20.8 Å². The Morgan fingerprint density at radius 2 is 1.36 bits per heavy atom. The Morgan fingerprint density at radius 3 is 1.64 bits per heavy atom. The Hall–Kier alpha value is -1.26. The molecule has 14 heavy (non-hydrogen) atoms. The summed E-state index contributed by atoms with van der Waals surface area (Å²) in [5.74, 6) is 0. The number of rotatable bonds is 3. The van der Waals surface area contributed by atoms with E-state index in [1.165, 1.54) is 4.90 Å². The Bertz CT molecular complexity index is 220. The fourth-order valence-corrected chi connectivity index (χ4v) is 1.49. The number of amides is 4. The Morgan fingerprint density at radius 1 is 0.929 bits per heavy atom. The van der Waals surface area contributed by atoms with Crippen LogP contribution in [-0.4, -0.2) is 53.1 Å². The van der Waals surface area contributed by atoms with Crippen LogP contribution < -0.4 is 0 Å². The normalized spacial score (nSPS) is 18.1. The van der Waals surface area contributed by atoms with Crippen LogP contribution in [-0.2, 0) is 0 Å². The van der Waals surface area contributed by atoms with E-state index in [4.69, 9.17) is 0 Å². The molecule has 0 aliphatic carbocycles. The molecule has 0 spiro atoms. The smallest absolute Gasteiger partial charge is 0.307 e. The van der Waals surface area contributed by atoms with Crippen LogP contribution in [0.3, 0.4) is 0 Å². The first-order valence-electron chi connectivity index (χ1n) is 5.01. The first-order chi connectivity index (χ1) is 6.65. The molecular weight excluding hydrogens is 182 g/mol. The SMILES string of the molecule is CCN1CN(CC)C(=O)N(CC)C1=O. The molecule has 5 heteroatoms. The van der Waals surface area contributed by atoms with Crippen LogP contribution in [0.4, 0.5) is 9.59 Å². The number of nitrogens with zero attached hydrogens (tertiary/aromatic N) is 3. The van der Waals surface area contributed by atoms with Gasteiger partial charge >= 0.3 is 12.1 Å². The molecule has 1 aliphatic heterocycles. The van der Waals surface area contributed by atoms with Crippen LogP contribution in [0, 0.1) is 0 Å². The summed E-state index contributed by atoms with van der Waals surface area (Å²) in [7, 11) is 0. The minimum Gasteiger partial charge on any atom is -0.307 e. The van der Waals surface area contributed by atoms with Crippen molar-refractivity contribution in [3.63, 3.8) is 0 Å². The van der Waals surface area contributed by atoms with Crippen LogP contribution in [0.5, 0.6) is 0 Å². The molecule has 1 saturated heterocycles. The lowest BCUT2D eigenvalue weighted by atomic mass is 10.4. The van der Waals surface area contributed by atoms with E-state index in [-0.39, 0.29) is 12.1 Å². The molecule has 1 fully saturated rings. The van der Waals surface area contributed by atoms with Crippen molar-refractivity contribution < 1.29 is 9.59 Å². The van der Waals surface area contributed by atoms with Gasteiger partial charge in [0.15, 0.2) is 0 Å². The van der Waals surface area contributed by atoms with Crippen molar-refractivity contribution in [2.75, 3.05) is 26.3 Å². The minimum absolute atomic E-state index is 0.176. The summed E-state index contributed by atoms with van der Waals surface area (Å²) in [5, 5.41) is 0. The zero-order chi connectivity index (χ0) is 10.7. The third-order valence-corrected chi connectivity index (χ3v) is 2.42. The van der Waals surface area contributed by atoms with Gasteiger partial charge in [-0.25, -0.2) is 14.5 Å². The zero-order valence-corrected chi connectivity index (χ0v) is 8.99. The topological polar surface area (TPSA) is 43.9 Å². The van der Waals surface area contributed by atoms with E-state index in [1.807, 2.05) is 20.8 Å².